The van der Waals surface area contributed by atoms with Crippen LogP contribution in [0.1, 0.15) is 6.92 Å². The van der Waals surface area contributed by atoms with Crippen LogP contribution < -0.4 is 10.0 Å². The number of rotatable bonds is 6. The Morgan fingerprint density at radius 1 is 1.00 bits per heavy atom. The average Bonchev–Trinajstić information content (AvgIpc) is 2.57. The van der Waals surface area contributed by atoms with Crippen LogP contribution in [0.15, 0.2) is 53.4 Å². The first-order chi connectivity index (χ1) is 11.8. The summed E-state index contributed by atoms with van der Waals surface area (Å²) in [7, 11) is -1.66. The second-order valence-corrected chi connectivity index (χ2v) is 8.13. The smallest absolute Gasteiger partial charge is 0.246 e. The quantitative estimate of drug-likeness (QED) is 0.443. The standard InChI is InChI=1S/C17H19Cl2N3O2S/c1-13(21-16-7-3-14(18)4-8-16)22(2)12-11-20-25(23,24)17-9-5-15(19)6-10-17/h3-10,20H,11-12H2,1-2H3/p+1. The molecular formula is C17H20Cl2N3O2S+. The predicted molar refractivity (Wildman–Crippen MR) is 103 cm³/mol. The summed E-state index contributed by atoms with van der Waals surface area (Å²) >= 11 is 11.6. The van der Waals surface area contributed by atoms with E-state index >= 15 is 0 Å². The van der Waals surface area contributed by atoms with Crippen molar-refractivity contribution in [2.45, 2.75) is 11.8 Å². The van der Waals surface area contributed by atoms with Gasteiger partial charge in [0, 0.05) is 23.5 Å². The first kappa shape index (κ1) is 19.7. The Kier molecular flexibility index (Phi) is 6.84. The lowest BCUT2D eigenvalue weighted by Crippen LogP contribution is -2.32. The normalized spacial score (nSPS) is 12.6. The molecule has 0 aliphatic heterocycles. The molecule has 25 heavy (non-hydrogen) atoms. The third-order valence-corrected chi connectivity index (χ3v) is 5.59. The van der Waals surface area contributed by atoms with E-state index in [-0.39, 0.29) is 11.4 Å². The number of likely N-dealkylation sites (N-methyl/N-ethyl adjacent to an activating group) is 1. The van der Waals surface area contributed by atoms with Crippen molar-refractivity contribution in [3.63, 3.8) is 0 Å². The predicted octanol–water partition coefficient (Wildman–Crippen LogP) is 3.44. The monoisotopic (exact) mass is 400 g/mol. The minimum Gasteiger partial charge on any atom is -0.267 e. The van der Waals surface area contributed by atoms with E-state index in [1.54, 1.807) is 24.3 Å². The van der Waals surface area contributed by atoms with E-state index in [0.29, 0.717) is 16.6 Å². The molecule has 0 spiro atoms. The van der Waals surface area contributed by atoms with Gasteiger partial charge in [0.15, 0.2) is 0 Å². The molecule has 0 heterocycles. The maximum Gasteiger partial charge on any atom is 0.246 e. The zero-order chi connectivity index (χ0) is 18.4. The summed E-state index contributed by atoms with van der Waals surface area (Å²) in [5, 5.41) is 4.42. The van der Waals surface area contributed by atoms with E-state index in [0.717, 1.165) is 11.5 Å². The molecule has 0 aromatic heterocycles. The van der Waals surface area contributed by atoms with Crippen molar-refractivity contribution in [2.24, 2.45) is 0 Å². The van der Waals surface area contributed by atoms with Gasteiger partial charge in [0.1, 0.15) is 5.69 Å². The number of anilines is 1. The van der Waals surface area contributed by atoms with Gasteiger partial charge >= 0.3 is 0 Å². The number of halogens is 2. The van der Waals surface area contributed by atoms with Gasteiger partial charge in [-0.05, 0) is 48.5 Å². The fourth-order valence-electron chi connectivity index (χ4n) is 2.05. The molecule has 8 heteroatoms. The number of amidine groups is 1. The maximum atomic E-state index is 12.2. The van der Waals surface area contributed by atoms with E-state index in [1.807, 2.05) is 30.7 Å². The summed E-state index contributed by atoms with van der Waals surface area (Å²) in [6, 6.07) is 13.4. The van der Waals surface area contributed by atoms with E-state index < -0.39 is 10.0 Å². The van der Waals surface area contributed by atoms with Crippen molar-refractivity contribution in [1.82, 2.24) is 4.72 Å². The highest BCUT2D eigenvalue weighted by Crippen LogP contribution is 2.14. The van der Waals surface area contributed by atoms with Crippen molar-refractivity contribution in [3.8, 4) is 0 Å². The molecule has 134 valence electrons. The van der Waals surface area contributed by atoms with Crippen LogP contribution in [0.2, 0.25) is 10.0 Å². The summed E-state index contributed by atoms with van der Waals surface area (Å²) in [5.41, 5.74) is 0.912. The van der Waals surface area contributed by atoms with Gasteiger partial charge in [0.2, 0.25) is 15.9 Å². The van der Waals surface area contributed by atoms with Crippen molar-refractivity contribution >= 4 is 44.7 Å². The van der Waals surface area contributed by atoms with E-state index in [1.165, 1.54) is 12.1 Å². The number of sulfonamides is 1. The fourth-order valence-corrected chi connectivity index (χ4v) is 3.32. The fraction of sp³-hybridized carbons (Fsp3) is 0.235. The molecule has 0 aliphatic rings. The van der Waals surface area contributed by atoms with Crippen molar-refractivity contribution < 1.29 is 13.0 Å². The van der Waals surface area contributed by atoms with Gasteiger partial charge in [0.05, 0.1) is 18.5 Å². The summed E-state index contributed by atoms with van der Waals surface area (Å²) < 4.78 is 28.9. The molecule has 0 fully saturated rings. The minimum absolute atomic E-state index is 0.194. The molecule has 2 aromatic carbocycles. The van der Waals surface area contributed by atoms with Crippen molar-refractivity contribution in [2.75, 3.05) is 25.5 Å². The second-order valence-electron chi connectivity index (χ2n) is 5.49. The highest BCUT2D eigenvalue weighted by molar-refractivity contribution is 7.89. The highest BCUT2D eigenvalue weighted by atomic mass is 35.5. The van der Waals surface area contributed by atoms with Gasteiger partial charge < -0.3 is 0 Å². The Hall–Kier alpha value is -1.60. The molecule has 0 unspecified atom stereocenters. The van der Waals surface area contributed by atoms with E-state index in [4.69, 9.17) is 23.2 Å². The van der Waals surface area contributed by atoms with Crippen LogP contribution in [0, 0.1) is 0 Å². The van der Waals surface area contributed by atoms with Gasteiger partial charge in [-0.15, -0.1) is 0 Å². The Balaban J connectivity index is 1.93. The third-order valence-electron chi connectivity index (χ3n) is 3.61. The molecule has 2 aromatic rings. The van der Waals surface area contributed by atoms with E-state index in [2.05, 4.69) is 10.0 Å². The van der Waals surface area contributed by atoms with Gasteiger partial charge in [-0.25, -0.2) is 18.5 Å². The number of nitrogens with one attached hydrogen (secondary N) is 2. The lowest BCUT2D eigenvalue weighted by Gasteiger charge is -2.09. The Bertz CT molecular complexity index is 848. The SMILES string of the molecule is CC(Nc1ccc(Cl)cc1)=[N+](C)CCNS(=O)(=O)c1ccc(Cl)cc1. The van der Waals surface area contributed by atoms with Crippen LogP contribution in [0.3, 0.4) is 0 Å². The first-order valence-corrected chi connectivity index (χ1v) is 9.84. The average molecular weight is 401 g/mol. The zero-order valence-corrected chi connectivity index (χ0v) is 16.3. The largest absolute Gasteiger partial charge is 0.267 e. The van der Waals surface area contributed by atoms with Crippen LogP contribution in [0.5, 0.6) is 0 Å². The molecule has 0 atom stereocenters. The number of nitrogens with zero attached hydrogens (tertiary/aromatic N) is 1. The first-order valence-electron chi connectivity index (χ1n) is 7.60. The Labute approximate surface area is 158 Å². The van der Waals surface area contributed by atoms with Crippen LogP contribution in [0.4, 0.5) is 5.69 Å². The molecule has 0 aliphatic carbocycles. The van der Waals surface area contributed by atoms with Gasteiger partial charge in [0.25, 0.3) is 0 Å². The topological polar surface area (TPSA) is 61.2 Å². The highest BCUT2D eigenvalue weighted by Gasteiger charge is 2.14. The maximum absolute atomic E-state index is 12.2. The number of hydrogen-bond donors (Lipinski definition) is 2. The minimum atomic E-state index is -3.54. The Morgan fingerprint density at radius 2 is 1.52 bits per heavy atom. The molecule has 0 radical (unpaired) electrons. The van der Waals surface area contributed by atoms with Gasteiger partial charge in [-0.3, -0.25) is 4.58 Å². The van der Waals surface area contributed by atoms with E-state index in [9.17, 15) is 8.42 Å². The molecule has 2 rings (SSSR count). The van der Waals surface area contributed by atoms with Crippen LogP contribution in [-0.4, -0.2) is 39.0 Å². The third kappa shape index (κ3) is 6.01. The number of benzene rings is 2. The lowest BCUT2D eigenvalue weighted by molar-refractivity contribution is -0.495. The summed E-state index contributed by atoms with van der Waals surface area (Å²) in [5.74, 6) is 0.896. The summed E-state index contributed by atoms with van der Waals surface area (Å²) in [6.07, 6.45) is 0. The van der Waals surface area contributed by atoms with Gasteiger partial charge in [-0.1, -0.05) is 23.2 Å². The van der Waals surface area contributed by atoms with Crippen LogP contribution in [0.25, 0.3) is 0 Å². The van der Waals surface area contributed by atoms with Gasteiger partial charge in [-0.2, -0.15) is 0 Å². The molecule has 5 nitrogen and oxygen atoms in total. The Morgan fingerprint density at radius 3 is 2.08 bits per heavy atom. The second kappa shape index (κ2) is 8.67. The number of hydrogen-bond acceptors (Lipinski definition) is 2. The molecule has 0 bridgehead atoms. The molecule has 0 saturated carbocycles. The molecule has 0 saturated heterocycles. The van der Waals surface area contributed by atoms with Crippen molar-refractivity contribution in [1.29, 1.82) is 0 Å². The summed E-state index contributed by atoms with van der Waals surface area (Å²) in [4.78, 5) is 0.194. The van der Waals surface area contributed by atoms with Crippen molar-refractivity contribution in [3.05, 3.63) is 58.6 Å². The van der Waals surface area contributed by atoms with Crippen LogP contribution in [-0.2, 0) is 10.0 Å². The summed E-state index contributed by atoms with van der Waals surface area (Å²) in [6.45, 7) is 2.71. The molecule has 2 N–H and O–H groups in total. The molecule has 0 amide bonds. The lowest BCUT2D eigenvalue weighted by atomic mass is 10.3. The van der Waals surface area contributed by atoms with Crippen LogP contribution >= 0.6 is 23.2 Å². The molecular weight excluding hydrogens is 381 g/mol. The zero-order valence-electron chi connectivity index (χ0n) is 14.0.